The van der Waals surface area contributed by atoms with Gasteiger partial charge in [-0.1, -0.05) is 36.4 Å². The van der Waals surface area contributed by atoms with Crippen LogP contribution in [0.15, 0.2) is 54.9 Å². The fourth-order valence-corrected chi connectivity index (χ4v) is 5.76. The van der Waals surface area contributed by atoms with E-state index in [9.17, 15) is 18.0 Å². The van der Waals surface area contributed by atoms with Crippen molar-refractivity contribution in [3.8, 4) is 0 Å². The van der Waals surface area contributed by atoms with Crippen LogP contribution in [-0.2, 0) is 25.4 Å². The average Bonchev–Trinajstić information content (AvgIpc) is 3.27. The van der Waals surface area contributed by atoms with Gasteiger partial charge in [-0.2, -0.15) is 19.3 Å². The van der Waals surface area contributed by atoms with E-state index < -0.39 is 21.6 Å². The van der Waals surface area contributed by atoms with Crippen LogP contribution >= 0.6 is 0 Å². The Morgan fingerprint density at radius 2 is 1.81 bits per heavy atom. The number of carbonyl (C=O) groups is 2. The van der Waals surface area contributed by atoms with E-state index in [-0.39, 0.29) is 36.7 Å². The lowest BCUT2D eigenvalue weighted by molar-refractivity contribution is -0.125. The summed E-state index contributed by atoms with van der Waals surface area (Å²) in [5.41, 5.74) is -0.836. The second-order valence-electron chi connectivity index (χ2n) is 6.68. The Kier molecular flexibility index (Phi) is 4.27. The van der Waals surface area contributed by atoms with E-state index in [4.69, 9.17) is 0 Å². The molecule has 8 nitrogen and oxygen atoms in total. The number of hydrogen-bond acceptors (Lipinski definition) is 6. The topological polar surface area (TPSA) is 102 Å². The minimum absolute atomic E-state index is 0.0335. The fraction of sp³-hybridized carbons (Fsp3) is 0.333. The number of Topliss-reactive ketones (excluding diaryl/α,β-unsaturated/α-hetero) is 1. The van der Waals surface area contributed by atoms with Gasteiger partial charge < -0.3 is 0 Å². The highest BCUT2D eigenvalue weighted by Crippen LogP contribution is 2.43. The number of aromatic nitrogens is 3. The van der Waals surface area contributed by atoms with E-state index in [1.807, 2.05) is 6.07 Å². The number of carbonyl (C=O) groups excluding carboxylic acids is 2. The lowest BCUT2D eigenvalue weighted by Crippen LogP contribution is -2.57. The molecule has 1 aromatic carbocycles. The van der Waals surface area contributed by atoms with Gasteiger partial charge in [0.25, 0.3) is 0 Å². The molecule has 1 fully saturated rings. The zero-order valence-corrected chi connectivity index (χ0v) is 15.2. The van der Waals surface area contributed by atoms with E-state index in [1.165, 1.54) is 33.6 Å². The molecule has 27 heavy (non-hydrogen) atoms. The van der Waals surface area contributed by atoms with Gasteiger partial charge in [0.2, 0.25) is 10.0 Å². The molecule has 2 aliphatic rings. The molecule has 0 bridgehead atoms. The molecule has 0 amide bonds. The summed E-state index contributed by atoms with van der Waals surface area (Å²) in [4.78, 5) is 26.2. The number of nitrogens with zero attached hydrogens (tertiary/aromatic N) is 4. The van der Waals surface area contributed by atoms with Crippen LogP contribution in [0.4, 0.5) is 0 Å². The lowest BCUT2D eigenvalue weighted by Gasteiger charge is -2.40. The largest absolute Gasteiger partial charge is 0.297 e. The predicted octanol–water partition coefficient (Wildman–Crippen LogP) is 0.892. The Morgan fingerprint density at radius 3 is 2.52 bits per heavy atom. The Bertz CT molecular complexity index is 1000. The maximum atomic E-state index is 13.2. The highest BCUT2D eigenvalue weighted by molar-refractivity contribution is 7.88. The third kappa shape index (κ3) is 2.92. The van der Waals surface area contributed by atoms with Crippen molar-refractivity contribution >= 4 is 21.6 Å². The molecule has 4 rings (SSSR count). The minimum atomic E-state index is -3.81. The number of benzene rings is 1. The van der Waals surface area contributed by atoms with E-state index in [0.29, 0.717) is 5.56 Å². The van der Waals surface area contributed by atoms with Gasteiger partial charge in [0.1, 0.15) is 11.6 Å². The Morgan fingerprint density at radius 1 is 1.11 bits per heavy atom. The summed E-state index contributed by atoms with van der Waals surface area (Å²) in [5, 5.41) is 8.15. The van der Waals surface area contributed by atoms with Crippen LogP contribution in [0.5, 0.6) is 0 Å². The number of rotatable bonds is 4. The molecule has 2 aromatic rings. The second-order valence-corrected chi connectivity index (χ2v) is 8.57. The first kappa shape index (κ1) is 17.7. The molecule has 9 heteroatoms. The summed E-state index contributed by atoms with van der Waals surface area (Å²) in [7, 11) is -3.81. The molecular formula is C18H18N4O4S. The Labute approximate surface area is 156 Å². The van der Waals surface area contributed by atoms with Crippen molar-refractivity contribution in [1.82, 2.24) is 19.3 Å². The molecule has 2 unspecified atom stereocenters. The van der Waals surface area contributed by atoms with Gasteiger partial charge in [0, 0.05) is 19.4 Å². The van der Waals surface area contributed by atoms with Gasteiger partial charge in [-0.15, -0.1) is 0 Å². The molecule has 1 aliphatic heterocycles. The zero-order valence-electron chi connectivity index (χ0n) is 14.4. The fourth-order valence-electron chi connectivity index (χ4n) is 3.88. The van der Waals surface area contributed by atoms with Crippen molar-refractivity contribution < 1.29 is 18.0 Å². The molecule has 1 aromatic heterocycles. The van der Waals surface area contributed by atoms with Gasteiger partial charge in [-0.05, 0) is 11.6 Å². The van der Waals surface area contributed by atoms with Gasteiger partial charge in [-0.3, -0.25) is 9.59 Å². The molecule has 1 saturated heterocycles. The molecule has 2 heterocycles. The van der Waals surface area contributed by atoms with E-state index >= 15 is 0 Å². The van der Waals surface area contributed by atoms with Gasteiger partial charge in [0.05, 0.1) is 18.1 Å². The van der Waals surface area contributed by atoms with Crippen LogP contribution in [0, 0.1) is 0 Å². The minimum Gasteiger partial charge on any atom is -0.297 e. The lowest BCUT2D eigenvalue weighted by atomic mass is 9.80. The summed E-state index contributed by atoms with van der Waals surface area (Å²) in [5.74, 6) is -0.655. The second kappa shape index (κ2) is 6.50. The summed E-state index contributed by atoms with van der Waals surface area (Å²) in [6.07, 6.45) is 5.66. The highest BCUT2D eigenvalue weighted by atomic mass is 32.2. The first-order chi connectivity index (χ1) is 12.9. The average molecular weight is 386 g/mol. The standard InChI is InChI=1S/C18H18N4O4S/c23-15-6-8-18(16(12-15)22-19-9-10-20-22)17(24)7-11-21(18)27(25,26)13-14-4-2-1-3-5-14/h1-6,8-10,16H,7,11-13H2. The van der Waals surface area contributed by atoms with Crippen molar-refractivity contribution in [2.75, 3.05) is 6.54 Å². The van der Waals surface area contributed by atoms with Gasteiger partial charge >= 0.3 is 0 Å². The van der Waals surface area contributed by atoms with E-state index in [0.717, 1.165) is 0 Å². The molecule has 2 atom stereocenters. The number of ketones is 2. The monoisotopic (exact) mass is 386 g/mol. The highest BCUT2D eigenvalue weighted by Gasteiger charge is 2.59. The first-order valence-electron chi connectivity index (χ1n) is 8.59. The Balaban J connectivity index is 1.80. The third-order valence-corrected chi connectivity index (χ3v) is 6.92. The summed E-state index contributed by atoms with van der Waals surface area (Å²) in [6.45, 7) is 0.0737. The molecule has 0 saturated carbocycles. The third-order valence-electron chi connectivity index (χ3n) is 5.07. The quantitative estimate of drug-likeness (QED) is 0.773. The van der Waals surface area contributed by atoms with Crippen LogP contribution in [0.2, 0.25) is 0 Å². The number of allylic oxidation sites excluding steroid dienone is 1. The van der Waals surface area contributed by atoms with E-state index in [2.05, 4.69) is 10.2 Å². The van der Waals surface area contributed by atoms with Crippen molar-refractivity contribution in [3.05, 3.63) is 60.4 Å². The number of sulfonamides is 1. The zero-order chi connectivity index (χ0) is 19.1. The summed E-state index contributed by atoms with van der Waals surface area (Å²) >= 11 is 0. The van der Waals surface area contributed by atoms with Gasteiger partial charge in [-0.25, -0.2) is 8.42 Å². The molecule has 0 N–H and O–H groups in total. The summed E-state index contributed by atoms with van der Waals surface area (Å²) in [6, 6.07) is 8.01. The first-order valence-corrected chi connectivity index (χ1v) is 10.2. The van der Waals surface area contributed by atoms with Gasteiger partial charge in [0.15, 0.2) is 11.6 Å². The van der Waals surface area contributed by atoms with Crippen molar-refractivity contribution in [2.24, 2.45) is 0 Å². The van der Waals surface area contributed by atoms with Crippen molar-refractivity contribution in [3.63, 3.8) is 0 Å². The maximum absolute atomic E-state index is 13.2. The van der Waals surface area contributed by atoms with Crippen LogP contribution < -0.4 is 0 Å². The maximum Gasteiger partial charge on any atom is 0.219 e. The van der Waals surface area contributed by atoms with Crippen LogP contribution in [0.1, 0.15) is 24.4 Å². The molecule has 1 aliphatic carbocycles. The molecule has 140 valence electrons. The normalized spacial score (nSPS) is 26.1. The Hall–Kier alpha value is -2.65. The number of hydrogen-bond donors (Lipinski definition) is 0. The summed E-state index contributed by atoms with van der Waals surface area (Å²) < 4.78 is 27.7. The van der Waals surface area contributed by atoms with Crippen LogP contribution in [0.3, 0.4) is 0 Å². The van der Waals surface area contributed by atoms with Crippen LogP contribution in [0.25, 0.3) is 0 Å². The molecule has 0 radical (unpaired) electrons. The van der Waals surface area contributed by atoms with Crippen LogP contribution in [-0.4, -0.2) is 51.4 Å². The molecule has 1 spiro atoms. The van der Waals surface area contributed by atoms with Crippen molar-refractivity contribution in [1.29, 1.82) is 0 Å². The van der Waals surface area contributed by atoms with Crippen molar-refractivity contribution in [2.45, 2.75) is 30.2 Å². The smallest absolute Gasteiger partial charge is 0.219 e. The van der Waals surface area contributed by atoms with E-state index in [1.54, 1.807) is 24.3 Å². The molecular weight excluding hydrogens is 368 g/mol. The SMILES string of the molecule is O=C1C=CC2(C(=O)CCN2S(=O)(=O)Cc2ccccc2)C(n2nccn2)C1. The predicted molar refractivity (Wildman–Crippen MR) is 95.9 cm³/mol.